The molecule has 26 heavy (non-hydrogen) atoms. The molecule has 0 saturated heterocycles. The van der Waals surface area contributed by atoms with Crippen molar-refractivity contribution in [2.45, 2.75) is 52.9 Å². The Morgan fingerprint density at radius 3 is 2.42 bits per heavy atom. The summed E-state index contributed by atoms with van der Waals surface area (Å²) in [6.07, 6.45) is 9.94. The second-order valence-electron chi connectivity index (χ2n) is 7.08. The van der Waals surface area contributed by atoms with Crippen LogP contribution in [0.5, 0.6) is 0 Å². The number of aromatic nitrogens is 2. The molecule has 0 bridgehead atoms. The highest BCUT2D eigenvalue weighted by molar-refractivity contribution is 5.90. The van der Waals surface area contributed by atoms with Gasteiger partial charge in [0.05, 0.1) is 5.69 Å². The van der Waals surface area contributed by atoms with E-state index in [1.165, 1.54) is 53.2 Å². The van der Waals surface area contributed by atoms with E-state index in [2.05, 4.69) is 68.0 Å². The van der Waals surface area contributed by atoms with Gasteiger partial charge < -0.3 is 0 Å². The Balaban J connectivity index is 2.13. The van der Waals surface area contributed by atoms with Gasteiger partial charge >= 0.3 is 0 Å². The molecule has 0 fully saturated rings. The Kier molecular flexibility index (Phi) is 6.09. The van der Waals surface area contributed by atoms with Gasteiger partial charge in [-0.05, 0) is 61.2 Å². The first-order valence-electron chi connectivity index (χ1n) is 9.65. The van der Waals surface area contributed by atoms with Crippen LogP contribution >= 0.6 is 0 Å². The number of unbranched alkanes of at least 4 members (excludes halogenated alkanes) is 3. The summed E-state index contributed by atoms with van der Waals surface area (Å²) in [6, 6.07) is 15.1. The average molecular weight is 345 g/mol. The van der Waals surface area contributed by atoms with E-state index in [0.29, 0.717) is 0 Å². The molecule has 3 rings (SSSR count). The van der Waals surface area contributed by atoms with Crippen LogP contribution in [0.15, 0.2) is 66.2 Å². The van der Waals surface area contributed by atoms with E-state index in [1.807, 2.05) is 23.1 Å². The van der Waals surface area contributed by atoms with Crippen LogP contribution < -0.4 is 0 Å². The highest BCUT2D eigenvalue weighted by atomic mass is 15.3. The van der Waals surface area contributed by atoms with Crippen LogP contribution in [0.4, 0.5) is 0 Å². The maximum Gasteiger partial charge on any atom is 0.0733 e. The summed E-state index contributed by atoms with van der Waals surface area (Å²) in [5, 5.41) is 7.00. The Labute approximate surface area is 156 Å². The largest absolute Gasteiger partial charge is 0.240 e. The van der Waals surface area contributed by atoms with E-state index >= 15 is 0 Å². The zero-order valence-corrected chi connectivity index (χ0v) is 16.1. The number of hydrogen-bond acceptors (Lipinski definition) is 1. The highest BCUT2D eigenvalue weighted by Crippen LogP contribution is 2.31. The minimum atomic E-state index is 1.05. The minimum Gasteiger partial charge on any atom is -0.240 e. The van der Waals surface area contributed by atoms with Crippen molar-refractivity contribution in [3.63, 3.8) is 0 Å². The fraction of sp³-hybridized carbons (Fsp3) is 0.333. The maximum absolute atomic E-state index is 4.49. The van der Waals surface area contributed by atoms with Gasteiger partial charge in [0.25, 0.3) is 0 Å². The first kappa shape index (κ1) is 18.2. The molecule has 0 N–H and O–H groups in total. The lowest BCUT2D eigenvalue weighted by molar-refractivity contribution is 0.678. The molecule has 2 heteroatoms. The summed E-state index contributed by atoms with van der Waals surface area (Å²) in [6.45, 7) is 6.51. The van der Waals surface area contributed by atoms with E-state index < -0.39 is 0 Å². The topological polar surface area (TPSA) is 17.8 Å². The molecule has 0 aliphatic heterocycles. The van der Waals surface area contributed by atoms with Crippen molar-refractivity contribution in [3.05, 3.63) is 71.7 Å². The molecule has 134 valence electrons. The second-order valence-corrected chi connectivity index (χ2v) is 7.08. The Morgan fingerprint density at radius 1 is 1.00 bits per heavy atom. The Bertz CT molecular complexity index is 922. The summed E-state index contributed by atoms with van der Waals surface area (Å²) in [5.41, 5.74) is 8.51. The number of benzene rings is 2. The van der Waals surface area contributed by atoms with Gasteiger partial charge in [0, 0.05) is 23.5 Å². The van der Waals surface area contributed by atoms with Crippen molar-refractivity contribution in [1.82, 2.24) is 9.78 Å². The summed E-state index contributed by atoms with van der Waals surface area (Å²) in [4.78, 5) is 0. The van der Waals surface area contributed by atoms with E-state index in [9.17, 15) is 0 Å². The number of nitrogens with zero attached hydrogens (tertiary/aromatic N) is 2. The third-order valence-corrected chi connectivity index (χ3v) is 4.62. The molecule has 2 nitrogen and oxygen atoms in total. The summed E-state index contributed by atoms with van der Waals surface area (Å²) < 4.78 is 1.97. The van der Waals surface area contributed by atoms with Crippen LogP contribution in [-0.4, -0.2) is 9.78 Å². The molecule has 1 aromatic heterocycles. The van der Waals surface area contributed by atoms with E-state index in [-0.39, 0.29) is 0 Å². The summed E-state index contributed by atoms with van der Waals surface area (Å²) in [7, 11) is 0. The van der Waals surface area contributed by atoms with Crippen molar-refractivity contribution in [2.75, 3.05) is 0 Å². The molecular formula is C24H28N2. The van der Waals surface area contributed by atoms with Crippen molar-refractivity contribution >= 4 is 16.3 Å². The molecule has 0 amide bonds. The number of fused-ring (bicyclic) bond motifs is 1. The fourth-order valence-corrected chi connectivity index (χ4v) is 3.37. The standard InChI is InChI=1S/C24H28N2/c1-4-5-6-7-13-22(16-19(2)3)23-17-20-11-8-9-12-21(20)18-24(23)26-15-10-14-25-26/h8-12,14-15,17-18H,4-7,13H2,1-3H3. The van der Waals surface area contributed by atoms with Gasteiger partial charge in [0.1, 0.15) is 0 Å². The lowest BCUT2D eigenvalue weighted by Crippen LogP contribution is -2.00. The number of rotatable bonds is 7. The van der Waals surface area contributed by atoms with Crippen LogP contribution in [-0.2, 0) is 0 Å². The zero-order valence-electron chi connectivity index (χ0n) is 16.1. The third kappa shape index (κ3) is 4.33. The highest BCUT2D eigenvalue weighted by Gasteiger charge is 2.12. The SMILES string of the molecule is CCCCCCC(=C=C(C)C)c1cc2ccccc2cc1-n1cccn1. The van der Waals surface area contributed by atoms with Gasteiger partial charge in [0.2, 0.25) is 0 Å². The van der Waals surface area contributed by atoms with Crippen molar-refractivity contribution in [3.8, 4) is 5.69 Å². The molecular weight excluding hydrogens is 316 g/mol. The van der Waals surface area contributed by atoms with Crippen molar-refractivity contribution < 1.29 is 0 Å². The molecule has 0 unspecified atom stereocenters. The zero-order chi connectivity index (χ0) is 18.4. The molecule has 1 heterocycles. The lowest BCUT2D eigenvalue weighted by Gasteiger charge is -2.14. The number of allylic oxidation sites excluding steroid dienone is 1. The van der Waals surface area contributed by atoms with Crippen LogP contribution in [0.1, 0.15) is 58.4 Å². The van der Waals surface area contributed by atoms with Crippen LogP contribution in [0, 0.1) is 0 Å². The minimum absolute atomic E-state index is 1.05. The van der Waals surface area contributed by atoms with E-state index in [1.54, 1.807) is 0 Å². The van der Waals surface area contributed by atoms with Crippen LogP contribution in [0.3, 0.4) is 0 Å². The second kappa shape index (κ2) is 8.69. The molecule has 2 aromatic carbocycles. The monoisotopic (exact) mass is 344 g/mol. The van der Waals surface area contributed by atoms with Crippen molar-refractivity contribution in [1.29, 1.82) is 0 Å². The molecule has 0 aliphatic carbocycles. The quantitative estimate of drug-likeness (QED) is 0.335. The van der Waals surface area contributed by atoms with Crippen molar-refractivity contribution in [2.24, 2.45) is 0 Å². The van der Waals surface area contributed by atoms with Crippen LogP contribution in [0.2, 0.25) is 0 Å². The first-order valence-corrected chi connectivity index (χ1v) is 9.65. The third-order valence-electron chi connectivity index (χ3n) is 4.62. The summed E-state index contributed by atoms with van der Waals surface area (Å²) in [5.74, 6) is 0. The van der Waals surface area contributed by atoms with Gasteiger partial charge in [-0.25, -0.2) is 4.68 Å². The molecule has 0 atom stereocenters. The fourth-order valence-electron chi connectivity index (χ4n) is 3.37. The van der Waals surface area contributed by atoms with Gasteiger partial charge in [-0.3, -0.25) is 0 Å². The predicted molar refractivity (Wildman–Crippen MR) is 112 cm³/mol. The Morgan fingerprint density at radius 2 is 1.77 bits per heavy atom. The lowest BCUT2D eigenvalue weighted by atomic mass is 9.95. The maximum atomic E-state index is 4.49. The molecule has 0 spiro atoms. The number of hydrogen-bond donors (Lipinski definition) is 0. The van der Waals surface area contributed by atoms with Gasteiger partial charge in [-0.1, -0.05) is 50.5 Å². The Hall–Kier alpha value is -2.57. The normalized spacial score (nSPS) is 10.7. The van der Waals surface area contributed by atoms with Gasteiger partial charge in [-0.2, -0.15) is 5.10 Å². The molecule has 0 saturated carbocycles. The molecule has 0 radical (unpaired) electrons. The smallest absolute Gasteiger partial charge is 0.0733 e. The summed E-state index contributed by atoms with van der Waals surface area (Å²) >= 11 is 0. The average Bonchev–Trinajstić information content (AvgIpc) is 3.17. The van der Waals surface area contributed by atoms with E-state index in [4.69, 9.17) is 0 Å². The molecule has 3 aromatic rings. The van der Waals surface area contributed by atoms with Gasteiger partial charge in [-0.15, -0.1) is 5.73 Å². The van der Waals surface area contributed by atoms with E-state index in [0.717, 1.165) is 12.1 Å². The van der Waals surface area contributed by atoms with Gasteiger partial charge in [0.15, 0.2) is 0 Å². The first-order chi connectivity index (χ1) is 12.7. The molecule has 0 aliphatic rings. The van der Waals surface area contributed by atoms with Crippen LogP contribution in [0.25, 0.3) is 22.0 Å². The predicted octanol–water partition coefficient (Wildman–Crippen LogP) is 6.94.